The van der Waals surface area contributed by atoms with Gasteiger partial charge in [0.05, 0.1) is 25.7 Å². The van der Waals surface area contributed by atoms with Gasteiger partial charge in [0.1, 0.15) is 18.3 Å². The zero-order valence-corrected chi connectivity index (χ0v) is 26.2. The van der Waals surface area contributed by atoms with Crippen LogP contribution in [0.4, 0.5) is 0 Å². The molecule has 0 amide bonds. The Morgan fingerprint density at radius 2 is 1.81 bits per heavy atom. The van der Waals surface area contributed by atoms with E-state index in [4.69, 9.17) is 14.2 Å². The van der Waals surface area contributed by atoms with Gasteiger partial charge in [0.15, 0.2) is 12.1 Å². The minimum Gasteiger partial charge on any atom is -0.469 e. The molecule has 0 radical (unpaired) electrons. The molecule has 0 aromatic rings. The number of hydrogen-bond acceptors (Lipinski definition) is 8. The maximum atomic E-state index is 12.4. The van der Waals surface area contributed by atoms with Gasteiger partial charge >= 0.3 is 5.97 Å². The van der Waals surface area contributed by atoms with E-state index in [1.807, 2.05) is 19.9 Å². The lowest BCUT2D eigenvalue weighted by molar-refractivity contribution is -0.290. The number of aliphatic hydroxyl groups is 3. The fraction of sp³-hybridized carbons (Fsp3) is 0.824. The van der Waals surface area contributed by atoms with Gasteiger partial charge in [-0.05, 0) is 98.0 Å². The Morgan fingerprint density at radius 3 is 2.52 bits per heavy atom. The van der Waals surface area contributed by atoms with Crippen molar-refractivity contribution in [1.29, 1.82) is 0 Å². The van der Waals surface area contributed by atoms with Gasteiger partial charge in [-0.1, -0.05) is 46.3 Å². The quantitative estimate of drug-likeness (QED) is 0.361. The summed E-state index contributed by atoms with van der Waals surface area (Å²) < 4.78 is 17.2. The van der Waals surface area contributed by atoms with Crippen LogP contribution in [0.5, 0.6) is 0 Å². The van der Waals surface area contributed by atoms with Gasteiger partial charge in [0.2, 0.25) is 0 Å². The van der Waals surface area contributed by atoms with E-state index in [1.54, 1.807) is 6.08 Å². The van der Waals surface area contributed by atoms with Crippen molar-refractivity contribution >= 4 is 11.8 Å². The molecule has 4 fully saturated rings. The first-order chi connectivity index (χ1) is 19.8. The number of methoxy groups -OCH3 is 1. The summed E-state index contributed by atoms with van der Waals surface area (Å²) in [5, 5.41) is 31.0. The number of ketones is 1. The Morgan fingerprint density at radius 1 is 1.07 bits per heavy atom. The number of allylic oxidation sites excluding steroid dienone is 4. The third-order valence-corrected chi connectivity index (χ3v) is 12.6. The Labute approximate surface area is 250 Å². The minimum absolute atomic E-state index is 0.0349. The first-order valence-corrected chi connectivity index (χ1v) is 16.1. The molecular weight excluding hydrogens is 536 g/mol. The van der Waals surface area contributed by atoms with E-state index in [1.165, 1.54) is 19.1 Å². The molecule has 4 aliphatic carbocycles. The molecule has 14 atom stereocenters. The molecular formula is C34H52O8. The number of fused-ring (bicyclic) bond motifs is 5. The van der Waals surface area contributed by atoms with E-state index < -0.39 is 24.6 Å². The van der Waals surface area contributed by atoms with Gasteiger partial charge in [-0.2, -0.15) is 0 Å². The van der Waals surface area contributed by atoms with Crippen molar-refractivity contribution in [2.45, 2.75) is 110 Å². The molecule has 236 valence electrons. The highest BCUT2D eigenvalue weighted by Gasteiger charge is 2.60. The van der Waals surface area contributed by atoms with Gasteiger partial charge in [0, 0.05) is 5.41 Å². The molecule has 1 saturated heterocycles. The smallest absolute Gasteiger partial charge is 0.308 e. The lowest BCUT2D eigenvalue weighted by Gasteiger charge is -2.57. The number of esters is 1. The van der Waals surface area contributed by atoms with E-state index in [9.17, 15) is 24.9 Å². The molecule has 42 heavy (non-hydrogen) atoms. The van der Waals surface area contributed by atoms with Crippen LogP contribution in [0.2, 0.25) is 0 Å². The zero-order valence-electron chi connectivity index (χ0n) is 26.2. The molecule has 0 spiro atoms. The van der Waals surface area contributed by atoms with Crippen molar-refractivity contribution in [3.05, 3.63) is 23.8 Å². The summed E-state index contributed by atoms with van der Waals surface area (Å²) in [5.41, 5.74) is 1.41. The number of carbonyl (C=O) groups is 2. The second-order valence-electron chi connectivity index (χ2n) is 14.6. The highest BCUT2D eigenvalue weighted by Crippen LogP contribution is 2.67. The number of aliphatic hydroxyl groups excluding tert-OH is 3. The normalized spacial score (nSPS) is 44.2. The van der Waals surface area contributed by atoms with E-state index >= 15 is 0 Å². The van der Waals surface area contributed by atoms with Gasteiger partial charge < -0.3 is 29.5 Å². The summed E-state index contributed by atoms with van der Waals surface area (Å²) in [4.78, 5) is 24.5. The molecule has 1 aliphatic heterocycles. The average Bonchev–Trinajstić information content (AvgIpc) is 3.33. The third kappa shape index (κ3) is 5.44. The standard InChI is InChI=1S/C34H52O8/c1-18(19(2)31(39)40-6)15-28(42-32-30(38)29(37)27(36)17-41-32)20(3)24-9-10-25-23-8-7-21-16-22(35)11-13-33(21,4)26(23)12-14-34(24,25)5/h11,13,16,18-20,23-30,32,36-38H,7-10,12,14-15,17H2,1-6H3. The molecule has 5 rings (SSSR count). The first kappa shape index (κ1) is 31.8. The maximum Gasteiger partial charge on any atom is 0.308 e. The molecule has 8 heteroatoms. The van der Waals surface area contributed by atoms with Gasteiger partial charge in [-0.15, -0.1) is 0 Å². The lowest BCUT2D eigenvalue weighted by Crippen LogP contribution is -2.55. The van der Waals surface area contributed by atoms with Crippen LogP contribution < -0.4 is 0 Å². The maximum absolute atomic E-state index is 12.4. The molecule has 0 bridgehead atoms. The predicted octanol–water partition coefficient (Wildman–Crippen LogP) is 4.21. The number of rotatable bonds is 8. The van der Waals surface area contributed by atoms with Crippen LogP contribution in [0.1, 0.15) is 79.6 Å². The Bertz CT molecular complexity index is 1090. The summed E-state index contributed by atoms with van der Waals surface area (Å²) in [7, 11) is 1.41. The summed E-state index contributed by atoms with van der Waals surface area (Å²) in [6.07, 6.45) is 7.81. The SMILES string of the molecule is COC(=O)C(C)C(C)CC(OC1OCC(O)C(O)C1O)C(C)C1CCC2C3CCC4=CC(=O)C=CC4(C)C3CCC12C. The van der Waals surface area contributed by atoms with Crippen molar-refractivity contribution in [3.63, 3.8) is 0 Å². The van der Waals surface area contributed by atoms with Gasteiger partial charge in [-0.3, -0.25) is 9.59 Å². The van der Waals surface area contributed by atoms with Crippen molar-refractivity contribution < 1.29 is 39.1 Å². The van der Waals surface area contributed by atoms with Crippen molar-refractivity contribution in [1.82, 2.24) is 0 Å². The van der Waals surface area contributed by atoms with Crippen molar-refractivity contribution in [3.8, 4) is 0 Å². The fourth-order valence-electron chi connectivity index (χ4n) is 9.82. The van der Waals surface area contributed by atoms with E-state index in [-0.39, 0.29) is 53.0 Å². The number of hydrogen-bond donors (Lipinski definition) is 3. The minimum atomic E-state index is -1.36. The molecule has 14 unspecified atom stereocenters. The number of ether oxygens (including phenoxy) is 3. The average molecular weight is 589 g/mol. The van der Waals surface area contributed by atoms with E-state index in [0.717, 1.165) is 32.1 Å². The Kier molecular flexibility index (Phi) is 9.15. The second kappa shape index (κ2) is 12.1. The summed E-state index contributed by atoms with van der Waals surface area (Å²) >= 11 is 0. The highest BCUT2D eigenvalue weighted by molar-refractivity contribution is 6.01. The zero-order chi connectivity index (χ0) is 30.6. The number of carbonyl (C=O) groups excluding carboxylic acids is 2. The third-order valence-electron chi connectivity index (χ3n) is 12.6. The Balaban J connectivity index is 1.37. The summed E-state index contributed by atoms with van der Waals surface area (Å²) in [6.45, 7) is 10.8. The predicted molar refractivity (Wildman–Crippen MR) is 157 cm³/mol. The molecule has 1 heterocycles. The van der Waals surface area contributed by atoms with Crippen LogP contribution >= 0.6 is 0 Å². The molecule has 8 nitrogen and oxygen atoms in total. The van der Waals surface area contributed by atoms with Crippen LogP contribution in [0.25, 0.3) is 0 Å². The monoisotopic (exact) mass is 588 g/mol. The topological polar surface area (TPSA) is 123 Å². The second-order valence-corrected chi connectivity index (χ2v) is 14.6. The van der Waals surface area contributed by atoms with Crippen LogP contribution in [-0.2, 0) is 23.8 Å². The van der Waals surface area contributed by atoms with Crippen LogP contribution in [0, 0.1) is 52.3 Å². The van der Waals surface area contributed by atoms with Gasteiger partial charge in [0.25, 0.3) is 0 Å². The molecule has 3 saturated carbocycles. The largest absolute Gasteiger partial charge is 0.469 e. The van der Waals surface area contributed by atoms with Crippen molar-refractivity contribution in [2.75, 3.05) is 13.7 Å². The van der Waals surface area contributed by atoms with Crippen LogP contribution in [0.15, 0.2) is 23.8 Å². The molecule has 0 aromatic heterocycles. The van der Waals surface area contributed by atoms with E-state index in [2.05, 4.69) is 26.8 Å². The molecule has 0 aromatic carbocycles. The van der Waals surface area contributed by atoms with Crippen LogP contribution in [0.3, 0.4) is 0 Å². The molecule has 3 N–H and O–H groups in total. The lowest BCUT2D eigenvalue weighted by atomic mass is 9.47. The first-order valence-electron chi connectivity index (χ1n) is 16.1. The van der Waals surface area contributed by atoms with Crippen LogP contribution in [-0.4, -0.2) is 71.5 Å². The summed E-state index contributed by atoms with van der Waals surface area (Å²) in [6, 6.07) is 0. The van der Waals surface area contributed by atoms with Crippen molar-refractivity contribution in [2.24, 2.45) is 52.3 Å². The highest BCUT2D eigenvalue weighted by atomic mass is 16.7. The molecule has 5 aliphatic rings. The Hall–Kier alpha value is -1.58. The fourth-order valence-corrected chi connectivity index (χ4v) is 9.82. The van der Waals surface area contributed by atoms with Gasteiger partial charge in [-0.25, -0.2) is 0 Å². The summed E-state index contributed by atoms with van der Waals surface area (Å²) in [5.74, 6) is 1.75. The van der Waals surface area contributed by atoms with E-state index in [0.29, 0.717) is 30.1 Å².